The topological polar surface area (TPSA) is 37.3 Å². The maximum atomic E-state index is 11.5. The third-order valence-electron chi connectivity index (χ3n) is 7.64. The van der Waals surface area contributed by atoms with Crippen LogP contribution < -0.4 is 0 Å². The van der Waals surface area contributed by atoms with Crippen molar-refractivity contribution in [3.8, 4) is 0 Å². The SMILES string of the molecule is CCCCCCCC[C@@H]1[C@H]2C=C[C@H]3C(C(=O)O)=CC[C@@H]4C[C@@H]1[C@@H]2[C@H]43. The van der Waals surface area contributed by atoms with E-state index >= 15 is 0 Å². The summed E-state index contributed by atoms with van der Waals surface area (Å²) < 4.78 is 0. The molecule has 24 heavy (non-hydrogen) atoms. The highest BCUT2D eigenvalue weighted by Crippen LogP contribution is 2.67. The molecule has 0 amide bonds. The van der Waals surface area contributed by atoms with Crippen molar-refractivity contribution in [2.75, 3.05) is 0 Å². The van der Waals surface area contributed by atoms with Crippen molar-refractivity contribution >= 4 is 5.97 Å². The van der Waals surface area contributed by atoms with Gasteiger partial charge in [0.2, 0.25) is 0 Å². The van der Waals surface area contributed by atoms with Crippen LogP contribution in [0.5, 0.6) is 0 Å². The van der Waals surface area contributed by atoms with E-state index in [4.69, 9.17) is 0 Å². The Morgan fingerprint density at radius 2 is 1.92 bits per heavy atom. The quantitative estimate of drug-likeness (QED) is 0.475. The zero-order valence-electron chi connectivity index (χ0n) is 15.0. The van der Waals surface area contributed by atoms with Gasteiger partial charge in [-0.05, 0) is 54.8 Å². The summed E-state index contributed by atoms with van der Waals surface area (Å²) in [6.45, 7) is 2.28. The van der Waals surface area contributed by atoms with E-state index in [9.17, 15) is 9.90 Å². The van der Waals surface area contributed by atoms with Crippen LogP contribution in [0.15, 0.2) is 23.8 Å². The molecule has 4 aliphatic carbocycles. The minimum absolute atomic E-state index is 0.211. The predicted octanol–water partition coefficient (Wildman–Crippen LogP) is 5.45. The number of hydrogen-bond acceptors (Lipinski definition) is 1. The van der Waals surface area contributed by atoms with E-state index in [1.54, 1.807) is 0 Å². The molecule has 4 rings (SSSR count). The molecule has 0 aliphatic heterocycles. The van der Waals surface area contributed by atoms with Gasteiger partial charge in [-0.25, -0.2) is 4.79 Å². The highest BCUT2D eigenvalue weighted by atomic mass is 16.4. The van der Waals surface area contributed by atoms with E-state index in [-0.39, 0.29) is 5.92 Å². The Bertz CT molecular complexity index is 546. The molecule has 0 heterocycles. The van der Waals surface area contributed by atoms with Gasteiger partial charge in [-0.15, -0.1) is 0 Å². The predicted molar refractivity (Wildman–Crippen MR) is 96.5 cm³/mol. The van der Waals surface area contributed by atoms with E-state index in [1.165, 1.54) is 51.4 Å². The highest BCUT2D eigenvalue weighted by molar-refractivity contribution is 5.88. The van der Waals surface area contributed by atoms with Gasteiger partial charge in [0, 0.05) is 11.5 Å². The molecule has 2 heteroatoms. The van der Waals surface area contributed by atoms with Crippen molar-refractivity contribution in [2.24, 2.45) is 41.4 Å². The van der Waals surface area contributed by atoms with Gasteiger partial charge in [0.1, 0.15) is 0 Å². The van der Waals surface area contributed by atoms with Crippen molar-refractivity contribution in [1.29, 1.82) is 0 Å². The molecule has 1 N–H and O–H groups in total. The van der Waals surface area contributed by atoms with Crippen LogP contribution in [-0.2, 0) is 4.79 Å². The Hall–Kier alpha value is -1.05. The smallest absolute Gasteiger partial charge is 0.331 e. The fourth-order valence-corrected chi connectivity index (χ4v) is 6.65. The van der Waals surface area contributed by atoms with Crippen molar-refractivity contribution in [2.45, 2.75) is 64.7 Å². The fourth-order valence-electron chi connectivity index (χ4n) is 6.65. The zero-order valence-corrected chi connectivity index (χ0v) is 15.0. The lowest BCUT2D eigenvalue weighted by Crippen LogP contribution is -2.49. The summed E-state index contributed by atoms with van der Waals surface area (Å²) in [7, 11) is 0. The van der Waals surface area contributed by atoms with Gasteiger partial charge in [-0.3, -0.25) is 0 Å². The van der Waals surface area contributed by atoms with Gasteiger partial charge in [0.05, 0.1) is 0 Å². The largest absolute Gasteiger partial charge is 0.478 e. The fraction of sp³-hybridized carbons (Fsp3) is 0.773. The third kappa shape index (κ3) is 2.57. The summed E-state index contributed by atoms with van der Waals surface area (Å²) in [4.78, 5) is 11.5. The van der Waals surface area contributed by atoms with Crippen LogP contribution in [0.4, 0.5) is 0 Å². The van der Waals surface area contributed by atoms with Crippen molar-refractivity contribution in [1.82, 2.24) is 0 Å². The van der Waals surface area contributed by atoms with Crippen molar-refractivity contribution in [3.63, 3.8) is 0 Å². The number of carboxylic acid groups (broad SMARTS) is 1. The van der Waals surface area contributed by atoms with Crippen LogP contribution in [0, 0.1) is 41.4 Å². The second-order valence-corrected chi connectivity index (χ2v) is 8.72. The Kier molecular flexibility index (Phi) is 4.58. The molecule has 0 radical (unpaired) electrons. The van der Waals surface area contributed by atoms with Gasteiger partial charge in [0.15, 0.2) is 0 Å². The molecule has 0 aromatic heterocycles. The van der Waals surface area contributed by atoms with Gasteiger partial charge in [-0.1, -0.05) is 63.7 Å². The Balaban J connectivity index is 1.37. The molecule has 2 nitrogen and oxygen atoms in total. The average molecular weight is 328 g/mol. The molecule has 132 valence electrons. The lowest BCUT2D eigenvalue weighted by molar-refractivity contribution is -0.133. The van der Waals surface area contributed by atoms with Crippen LogP contribution >= 0.6 is 0 Å². The van der Waals surface area contributed by atoms with Crippen LogP contribution in [0.3, 0.4) is 0 Å². The average Bonchev–Trinajstić information content (AvgIpc) is 2.91. The molecule has 0 unspecified atom stereocenters. The monoisotopic (exact) mass is 328 g/mol. The lowest BCUT2D eigenvalue weighted by atomic mass is 9.50. The van der Waals surface area contributed by atoms with Gasteiger partial charge in [0.25, 0.3) is 0 Å². The van der Waals surface area contributed by atoms with Crippen LogP contribution in [0.2, 0.25) is 0 Å². The molecule has 7 atom stereocenters. The number of unbranched alkanes of at least 4 members (excludes halogenated alkanes) is 5. The van der Waals surface area contributed by atoms with E-state index in [0.29, 0.717) is 11.5 Å². The number of aliphatic carboxylic acids is 1. The second kappa shape index (κ2) is 6.69. The van der Waals surface area contributed by atoms with Crippen molar-refractivity contribution in [3.05, 3.63) is 23.8 Å². The third-order valence-corrected chi connectivity index (χ3v) is 7.64. The number of allylic oxidation sites excluding steroid dienone is 3. The summed E-state index contributed by atoms with van der Waals surface area (Å²) in [5.74, 6) is 4.29. The summed E-state index contributed by atoms with van der Waals surface area (Å²) in [5.41, 5.74) is 0.686. The minimum atomic E-state index is -0.687. The Morgan fingerprint density at radius 3 is 2.71 bits per heavy atom. The number of carbonyl (C=O) groups is 1. The minimum Gasteiger partial charge on any atom is -0.478 e. The molecule has 0 saturated heterocycles. The molecule has 2 saturated carbocycles. The maximum absolute atomic E-state index is 11.5. The number of rotatable bonds is 8. The first-order valence-corrected chi connectivity index (χ1v) is 10.3. The first-order chi connectivity index (χ1) is 11.7. The molecule has 0 spiro atoms. The first kappa shape index (κ1) is 16.4. The number of carboxylic acids is 1. The molecule has 4 aliphatic rings. The van der Waals surface area contributed by atoms with Gasteiger partial charge in [-0.2, -0.15) is 0 Å². The maximum Gasteiger partial charge on any atom is 0.331 e. The molecule has 0 bridgehead atoms. The molecule has 0 aromatic carbocycles. The van der Waals surface area contributed by atoms with Crippen LogP contribution in [-0.4, -0.2) is 11.1 Å². The molecular formula is C22H32O2. The molecule has 2 fully saturated rings. The lowest BCUT2D eigenvalue weighted by Gasteiger charge is -2.54. The number of hydrogen-bond donors (Lipinski definition) is 1. The summed E-state index contributed by atoms with van der Waals surface area (Å²) in [6.07, 6.45) is 18.9. The van der Waals surface area contributed by atoms with Crippen LogP contribution in [0.1, 0.15) is 64.7 Å². The highest BCUT2D eigenvalue weighted by Gasteiger charge is 2.62. The Morgan fingerprint density at radius 1 is 1.12 bits per heavy atom. The molecular weight excluding hydrogens is 296 g/mol. The van der Waals surface area contributed by atoms with E-state index in [2.05, 4.69) is 19.1 Å². The standard InChI is InChI=1S/C22H32O2/c1-2-3-4-5-6-7-8-15-16-11-12-17-18(22(23)24)10-9-14-13-19(15)21(16)20(14)17/h10-12,14-17,19-21H,2-9,13H2,1H3,(H,23,24)/t14-,15-,16-,17+,19+,20-,21-/m1/s1. The van der Waals surface area contributed by atoms with Gasteiger partial charge < -0.3 is 5.11 Å². The van der Waals surface area contributed by atoms with E-state index < -0.39 is 5.97 Å². The van der Waals surface area contributed by atoms with E-state index in [0.717, 1.165) is 36.0 Å². The van der Waals surface area contributed by atoms with Gasteiger partial charge >= 0.3 is 5.97 Å². The second-order valence-electron chi connectivity index (χ2n) is 8.72. The summed E-state index contributed by atoms with van der Waals surface area (Å²) in [5, 5.41) is 9.50. The normalized spacial score (nSPS) is 41.5. The first-order valence-electron chi connectivity index (χ1n) is 10.3. The zero-order chi connectivity index (χ0) is 16.7. The summed E-state index contributed by atoms with van der Waals surface area (Å²) in [6, 6.07) is 0. The Labute approximate surface area is 146 Å². The summed E-state index contributed by atoms with van der Waals surface area (Å²) >= 11 is 0. The van der Waals surface area contributed by atoms with Crippen molar-refractivity contribution < 1.29 is 9.90 Å². The van der Waals surface area contributed by atoms with E-state index in [1.807, 2.05) is 6.08 Å². The van der Waals surface area contributed by atoms with Crippen LogP contribution in [0.25, 0.3) is 0 Å². The molecule has 0 aromatic rings.